The van der Waals surface area contributed by atoms with Crippen LogP contribution >= 0.6 is 0 Å². The summed E-state index contributed by atoms with van der Waals surface area (Å²) in [6, 6.07) is 6.43. The summed E-state index contributed by atoms with van der Waals surface area (Å²) in [5, 5.41) is 0. The maximum atomic E-state index is 5.44. The van der Waals surface area contributed by atoms with Gasteiger partial charge in [-0.2, -0.15) is 0 Å². The Morgan fingerprint density at radius 3 is 2.68 bits per heavy atom. The monoisotopic (exact) mass is 340 g/mol. The Bertz CT molecular complexity index is 598. The van der Waals surface area contributed by atoms with Crippen LogP contribution in [-0.2, 0) is 17.6 Å². The Labute approximate surface area is 152 Å². The van der Waals surface area contributed by atoms with Crippen LogP contribution in [-0.4, -0.2) is 24.9 Å². The van der Waals surface area contributed by atoms with Gasteiger partial charge in [-0.3, -0.25) is 9.98 Å². The number of rotatable bonds is 9. The molecule has 0 saturated carbocycles. The van der Waals surface area contributed by atoms with Crippen LogP contribution < -0.4 is 0 Å². The van der Waals surface area contributed by atoms with Gasteiger partial charge in [-0.15, -0.1) is 0 Å². The molecule has 1 aromatic heterocycles. The van der Waals surface area contributed by atoms with E-state index in [0.29, 0.717) is 0 Å². The molecule has 0 unspecified atom stereocenters. The normalized spacial score (nSPS) is 16.9. The lowest BCUT2D eigenvalue weighted by Gasteiger charge is -2.21. The molecule has 1 aliphatic rings. The number of aromatic nitrogens is 1. The number of aliphatic imine (C=N–C) groups is 1. The second kappa shape index (κ2) is 11.0. The molecule has 0 radical (unpaired) electrons. The van der Waals surface area contributed by atoms with Crippen molar-refractivity contribution in [3.63, 3.8) is 0 Å². The lowest BCUT2D eigenvalue weighted by atomic mass is 9.94. The molecular weight excluding hydrogens is 308 g/mol. The first-order chi connectivity index (χ1) is 12.2. The van der Waals surface area contributed by atoms with Gasteiger partial charge >= 0.3 is 0 Å². The molecule has 0 aliphatic carbocycles. The summed E-state index contributed by atoms with van der Waals surface area (Å²) in [6.45, 7) is 9.78. The van der Waals surface area contributed by atoms with Crippen molar-refractivity contribution >= 4 is 6.72 Å². The highest BCUT2D eigenvalue weighted by Crippen LogP contribution is 2.20. The SMILES string of the molecule is C=N/C=C(\C=C(/C)CC)CCc1cccc(CCC2CCOCC2)n1. The Balaban J connectivity index is 1.89. The predicted octanol–water partition coefficient (Wildman–Crippen LogP) is 5.31. The van der Waals surface area contributed by atoms with Gasteiger partial charge in [-0.25, -0.2) is 0 Å². The molecule has 0 aromatic carbocycles. The van der Waals surface area contributed by atoms with Crippen molar-refractivity contribution in [2.75, 3.05) is 13.2 Å². The van der Waals surface area contributed by atoms with Crippen molar-refractivity contribution < 1.29 is 4.74 Å². The van der Waals surface area contributed by atoms with Gasteiger partial charge in [0.2, 0.25) is 0 Å². The van der Waals surface area contributed by atoms with E-state index in [4.69, 9.17) is 9.72 Å². The van der Waals surface area contributed by atoms with E-state index < -0.39 is 0 Å². The fourth-order valence-corrected chi connectivity index (χ4v) is 3.18. The van der Waals surface area contributed by atoms with Crippen LogP contribution in [0.1, 0.15) is 57.3 Å². The van der Waals surface area contributed by atoms with E-state index in [0.717, 1.165) is 44.8 Å². The number of aryl methyl sites for hydroxylation is 2. The van der Waals surface area contributed by atoms with Crippen LogP contribution in [0.4, 0.5) is 0 Å². The minimum atomic E-state index is 0.801. The van der Waals surface area contributed by atoms with Crippen LogP contribution in [0.2, 0.25) is 0 Å². The molecule has 0 spiro atoms. The van der Waals surface area contributed by atoms with E-state index in [1.807, 2.05) is 6.20 Å². The number of allylic oxidation sites excluding steroid dienone is 3. The van der Waals surface area contributed by atoms with Crippen molar-refractivity contribution in [1.29, 1.82) is 0 Å². The third kappa shape index (κ3) is 7.35. The largest absolute Gasteiger partial charge is 0.381 e. The average Bonchev–Trinajstić information content (AvgIpc) is 2.65. The van der Waals surface area contributed by atoms with Crippen molar-refractivity contribution in [3.05, 3.63) is 53.0 Å². The zero-order valence-corrected chi connectivity index (χ0v) is 15.8. The second-order valence-electron chi connectivity index (χ2n) is 6.95. The number of hydrogen-bond acceptors (Lipinski definition) is 3. The van der Waals surface area contributed by atoms with E-state index in [1.54, 1.807) is 0 Å². The molecule has 0 bridgehead atoms. The van der Waals surface area contributed by atoms with Crippen molar-refractivity contribution in [2.45, 2.75) is 58.8 Å². The van der Waals surface area contributed by atoms with Crippen LogP contribution in [0.5, 0.6) is 0 Å². The Hall–Kier alpha value is -1.74. The molecule has 1 aromatic rings. The van der Waals surface area contributed by atoms with E-state index in [2.05, 4.69) is 49.8 Å². The van der Waals surface area contributed by atoms with Gasteiger partial charge < -0.3 is 4.74 Å². The number of ether oxygens (including phenoxy) is 1. The molecule has 1 saturated heterocycles. The number of nitrogens with zero attached hydrogens (tertiary/aromatic N) is 2. The first-order valence-corrected chi connectivity index (χ1v) is 9.56. The molecule has 1 fully saturated rings. The van der Waals surface area contributed by atoms with Gasteiger partial charge in [0.05, 0.1) is 0 Å². The van der Waals surface area contributed by atoms with E-state index in [1.165, 1.54) is 41.8 Å². The maximum Gasteiger partial charge on any atom is 0.0468 e. The minimum Gasteiger partial charge on any atom is -0.381 e. The van der Waals surface area contributed by atoms with Gasteiger partial charge in [-0.1, -0.05) is 24.6 Å². The zero-order chi connectivity index (χ0) is 17.9. The molecule has 25 heavy (non-hydrogen) atoms. The smallest absolute Gasteiger partial charge is 0.0468 e. The lowest BCUT2D eigenvalue weighted by molar-refractivity contribution is 0.0639. The first-order valence-electron chi connectivity index (χ1n) is 9.56. The Morgan fingerprint density at radius 2 is 2.00 bits per heavy atom. The van der Waals surface area contributed by atoms with Crippen LogP contribution in [0, 0.1) is 5.92 Å². The summed E-state index contributed by atoms with van der Waals surface area (Å²) in [5.74, 6) is 0.801. The summed E-state index contributed by atoms with van der Waals surface area (Å²) in [6.07, 6.45) is 11.8. The fourth-order valence-electron chi connectivity index (χ4n) is 3.18. The Morgan fingerprint density at radius 1 is 1.28 bits per heavy atom. The van der Waals surface area contributed by atoms with Gasteiger partial charge in [0.15, 0.2) is 0 Å². The van der Waals surface area contributed by atoms with Crippen molar-refractivity contribution in [1.82, 2.24) is 4.98 Å². The van der Waals surface area contributed by atoms with Crippen LogP contribution in [0.15, 0.2) is 46.6 Å². The molecular formula is C22H32N2O. The summed E-state index contributed by atoms with van der Waals surface area (Å²) >= 11 is 0. The highest BCUT2D eigenvalue weighted by Gasteiger charge is 2.13. The summed E-state index contributed by atoms with van der Waals surface area (Å²) < 4.78 is 5.44. The molecule has 3 nitrogen and oxygen atoms in total. The quantitative estimate of drug-likeness (QED) is 0.451. The average molecular weight is 341 g/mol. The summed E-state index contributed by atoms with van der Waals surface area (Å²) in [7, 11) is 0. The fraction of sp³-hybridized carbons (Fsp3) is 0.545. The van der Waals surface area contributed by atoms with Crippen molar-refractivity contribution in [3.8, 4) is 0 Å². The van der Waals surface area contributed by atoms with E-state index >= 15 is 0 Å². The minimum absolute atomic E-state index is 0.801. The Kier molecular flexibility index (Phi) is 8.61. The number of pyridine rings is 1. The molecule has 0 atom stereocenters. The van der Waals surface area contributed by atoms with Crippen LogP contribution in [0.3, 0.4) is 0 Å². The third-order valence-corrected chi connectivity index (χ3v) is 4.93. The van der Waals surface area contributed by atoms with Gasteiger partial charge in [0.25, 0.3) is 0 Å². The van der Waals surface area contributed by atoms with Gasteiger partial charge in [0, 0.05) is 30.8 Å². The molecule has 0 amide bonds. The zero-order valence-electron chi connectivity index (χ0n) is 15.8. The molecule has 3 heteroatoms. The van der Waals surface area contributed by atoms with Gasteiger partial charge in [-0.05, 0) is 82.2 Å². The molecule has 136 valence electrons. The highest BCUT2D eigenvalue weighted by atomic mass is 16.5. The highest BCUT2D eigenvalue weighted by molar-refractivity contribution is 5.30. The second-order valence-corrected chi connectivity index (χ2v) is 6.95. The van der Waals surface area contributed by atoms with Crippen molar-refractivity contribution in [2.24, 2.45) is 10.9 Å². The third-order valence-electron chi connectivity index (χ3n) is 4.93. The van der Waals surface area contributed by atoms with E-state index in [9.17, 15) is 0 Å². The molecule has 2 heterocycles. The van der Waals surface area contributed by atoms with Crippen LogP contribution in [0.25, 0.3) is 0 Å². The standard InChI is InChI=1S/C22H32N2O/c1-4-18(2)16-20(17-23-3)9-11-22-7-5-6-21(24-22)10-8-19-12-14-25-15-13-19/h5-7,16-17,19H,3-4,8-15H2,1-2H3/b18-16+,20-17-. The van der Waals surface area contributed by atoms with E-state index in [-0.39, 0.29) is 0 Å². The molecule has 1 aliphatic heterocycles. The lowest BCUT2D eigenvalue weighted by Crippen LogP contribution is -2.16. The summed E-state index contributed by atoms with van der Waals surface area (Å²) in [5.41, 5.74) is 4.98. The predicted molar refractivity (Wildman–Crippen MR) is 106 cm³/mol. The topological polar surface area (TPSA) is 34.5 Å². The maximum absolute atomic E-state index is 5.44. The summed E-state index contributed by atoms with van der Waals surface area (Å²) in [4.78, 5) is 8.81. The number of hydrogen-bond donors (Lipinski definition) is 0. The molecule has 2 rings (SSSR count). The first kappa shape index (κ1) is 19.6. The van der Waals surface area contributed by atoms with Gasteiger partial charge in [0.1, 0.15) is 0 Å². The molecule has 0 N–H and O–H groups in total.